The third kappa shape index (κ3) is 1.55. The van der Waals surface area contributed by atoms with Gasteiger partial charge in [0.15, 0.2) is 6.29 Å². The molecule has 1 aromatic rings. The van der Waals surface area contributed by atoms with Crippen LogP contribution in [0.1, 0.15) is 5.56 Å². The van der Waals surface area contributed by atoms with Crippen LogP contribution in [0.15, 0.2) is 39.6 Å². The van der Waals surface area contributed by atoms with E-state index in [1.165, 1.54) is 11.9 Å². The second-order valence-electron chi connectivity index (χ2n) is 2.58. The van der Waals surface area contributed by atoms with E-state index in [-0.39, 0.29) is 0 Å². The van der Waals surface area contributed by atoms with E-state index in [1.54, 1.807) is 12.3 Å². The van der Waals surface area contributed by atoms with Crippen LogP contribution in [-0.4, -0.2) is 12.5 Å². The van der Waals surface area contributed by atoms with Gasteiger partial charge in [0, 0.05) is 34.2 Å². The van der Waals surface area contributed by atoms with Crippen molar-refractivity contribution in [2.24, 2.45) is 4.40 Å². The molecule has 1 heterocycles. The van der Waals surface area contributed by atoms with Crippen molar-refractivity contribution in [3.05, 3.63) is 35.9 Å². The van der Waals surface area contributed by atoms with E-state index in [2.05, 4.69) is 4.40 Å². The Morgan fingerprint density at radius 2 is 2.15 bits per heavy atom. The molecule has 2 rings (SSSR count). The average Bonchev–Trinajstić information content (AvgIpc) is 2.39. The topological polar surface area (TPSA) is 29.4 Å². The molecule has 0 aromatic heterocycles. The Morgan fingerprint density at radius 3 is 3.00 bits per heavy atom. The minimum absolute atomic E-state index is 0.685. The van der Waals surface area contributed by atoms with E-state index in [0.717, 1.165) is 16.7 Å². The number of hydrogen-bond donors (Lipinski definition) is 0. The molecule has 2 nitrogen and oxygen atoms in total. The van der Waals surface area contributed by atoms with Crippen LogP contribution < -0.4 is 0 Å². The van der Waals surface area contributed by atoms with E-state index >= 15 is 0 Å². The summed E-state index contributed by atoms with van der Waals surface area (Å²) in [5, 5.41) is 0. The van der Waals surface area contributed by atoms with E-state index in [0.29, 0.717) is 5.57 Å². The van der Waals surface area contributed by atoms with Crippen molar-refractivity contribution >= 4 is 30.0 Å². The number of carbonyl (C=O) groups excluding carboxylic acids is 1. The zero-order valence-corrected chi connectivity index (χ0v) is 7.62. The Morgan fingerprint density at radius 1 is 1.31 bits per heavy atom. The SMILES string of the molecule is O=CC1=CC=NSc2ccccc21. The highest BCUT2D eigenvalue weighted by Crippen LogP contribution is 2.29. The van der Waals surface area contributed by atoms with Gasteiger partial charge in [-0.3, -0.25) is 4.79 Å². The van der Waals surface area contributed by atoms with E-state index in [9.17, 15) is 4.79 Å². The fourth-order valence-corrected chi connectivity index (χ4v) is 1.83. The zero-order valence-electron chi connectivity index (χ0n) is 6.81. The quantitative estimate of drug-likeness (QED) is 0.501. The van der Waals surface area contributed by atoms with Crippen molar-refractivity contribution in [1.82, 2.24) is 0 Å². The summed E-state index contributed by atoms with van der Waals surface area (Å²) in [5.74, 6) is 0. The predicted octanol–water partition coefficient (Wildman–Crippen LogP) is 2.36. The van der Waals surface area contributed by atoms with Gasteiger partial charge in [-0.2, -0.15) is 0 Å². The zero-order chi connectivity index (χ0) is 9.10. The number of rotatable bonds is 1. The van der Waals surface area contributed by atoms with Gasteiger partial charge in [0.05, 0.1) is 0 Å². The fraction of sp³-hybridized carbons (Fsp3) is 0. The molecular formula is C10H7NOS. The lowest BCUT2D eigenvalue weighted by Gasteiger charge is -2.02. The Labute approximate surface area is 80.5 Å². The highest BCUT2D eigenvalue weighted by molar-refractivity contribution is 7.98. The third-order valence-corrected chi connectivity index (χ3v) is 2.57. The molecule has 0 radical (unpaired) electrons. The number of hydrogen-bond acceptors (Lipinski definition) is 3. The van der Waals surface area contributed by atoms with Crippen LogP contribution in [0.2, 0.25) is 0 Å². The number of nitrogens with zero attached hydrogens (tertiary/aromatic N) is 1. The lowest BCUT2D eigenvalue weighted by atomic mass is 10.1. The third-order valence-electron chi connectivity index (χ3n) is 1.79. The van der Waals surface area contributed by atoms with E-state index in [4.69, 9.17) is 0 Å². The molecule has 0 fully saturated rings. The molecule has 0 bridgehead atoms. The van der Waals surface area contributed by atoms with Crippen LogP contribution >= 0.6 is 11.9 Å². The van der Waals surface area contributed by atoms with E-state index < -0.39 is 0 Å². The van der Waals surface area contributed by atoms with Crippen LogP contribution in [0.25, 0.3) is 5.57 Å². The second kappa shape index (κ2) is 3.58. The first-order valence-corrected chi connectivity index (χ1v) is 4.64. The molecule has 0 saturated carbocycles. The molecule has 0 saturated heterocycles. The van der Waals surface area contributed by atoms with Crippen molar-refractivity contribution in [2.45, 2.75) is 4.90 Å². The minimum Gasteiger partial charge on any atom is -0.298 e. The summed E-state index contributed by atoms with van der Waals surface area (Å²) in [5.41, 5.74) is 1.64. The molecular weight excluding hydrogens is 182 g/mol. The van der Waals surface area contributed by atoms with Gasteiger partial charge in [-0.1, -0.05) is 18.2 Å². The summed E-state index contributed by atoms with van der Waals surface area (Å²) in [7, 11) is 0. The number of fused-ring (bicyclic) bond motifs is 1. The van der Waals surface area contributed by atoms with Crippen molar-refractivity contribution < 1.29 is 4.79 Å². The second-order valence-corrected chi connectivity index (χ2v) is 3.42. The molecule has 0 aliphatic carbocycles. The Hall–Kier alpha value is -1.35. The average molecular weight is 189 g/mol. The Kier molecular flexibility index (Phi) is 2.27. The molecule has 1 aliphatic rings. The van der Waals surface area contributed by atoms with Gasteiger partial charge in [0.25, 0.3) is 0 Å². The van der Waals surface area contributed by atoms with Gasteiger partial charge < -0.3 is 0 Å². The maximum absolute atomic E-state index is 10.7. The summed E-state index contributed by atoms with van der Waals surface area (Å²) in [6, 6.07) is 7.74. The van der Waals surface area contributed by atoms with Crippen molar-refractivity contribution in [1.29, 1.82) is 0 Å². The number of carbonyl (C=O) groups is 1. The van der Waals surface area contributed by atoms with Crippen molar-refractivity contribution in [3.8, 4) is 0 Å². The minimum atomic E-state index is 0.685. The van der Waals surface area contributed by atoms with Gasteiger partial charge in [-0.15, -0.1) is 0 Å². The molecule has 0 atom stereocenters. The molecule has 1 aliphatic heterocycles. The molecule has 0 N–H and O–H groups in total. The van der Waals surface area contributed by atoms with E-state index in [1.807, 2.05) is 24.3 Å². The summed E-state index contributed by atoms with van der Waals surface area (Å²) in [6.45, 7) is 0. The van der Waals surface area contributed by atoms with Gasteiger partial charge in [-0.05, 0) is 12.1 Å². The van der Waals surface area contributed by atoms with Gasteiger partial charge in [0.2, 0.25) is 0 Å². The lowest BCUT2D eigenvalue weighted by molar-refractivity contribution is -0.103. The maximum atomic E-state index is 10.7. The fourth-order valence-electron chi connectivity index (χ4n) is 1.18. The maximum Gasteiger partial charge on any atom is 0.150 e. The molecule has 13 heavy (non-hydrogen) atoms. The summed E-state index contributed by atoms with van der Waals surface area (Å²) < 4.78 is 4.07. The molecule has 0 spiro atoms. The van der Waals surface area contributed by atoms with Crippen LogP contribution in [-0.2, 0) is 4.79 Å². The summed E-state index contributed by atoms with van der Waals surface area (Å²) in [4.78, 5) is 11.8. The first kappa shape index (κ1) is 8.26. The summed E-state index contributed by atoms with van der Waals surface area (Å²) >= 11 is 1.39. The molecule has 3 heteroatoms. The van der Waals surface area contributed by atoms with Gasteiger partial charge in [0.1, 0.15) is 0 Å². The van der Waals surface area contributed by atoms with Crippen molar-refractivity contribution in [2.75, 3.05) is 0 Å². The smallest absolute Gasteiger partial charge is 0.150 e. The Bertz CT molecular complexity index is 396. The van der Waals surface area contributed by atoms with Crippen molar-refractivity contribution in [3.63, 3.8) is 0 Å². The highest BCUT2D eigenvalue weighted by atomic mass is 32.2. The van der Waals surface area contributed by atoms with Gasteiger partial charge in [-0.25, -0.2) is 4.40 Å². The number of allylic oxidation sites excluding steroid dienone is 2. The standard InChI is InChI=1S/C10H7NOS/c12-7-8-5-6-11-13-10-4-2-1-3-9(8)10/h1-7H. The summed E-state index contributed by atoms with van der Waals surface area (Å²) in [6.07, 6.45) is 4.23. The van der Waals surface area contributed by atoms with Gasteiger partial charge >= 0.3 is 0 Å². The highest BCUT2D eigenvalue weighted by Gasteiger charge is 2.07. The molecule has 1 aromatic carbocycles. The Balaban J connectivity index is 2.59. The van der Waals surface area contributed by atoms with Crippen LogP contribution in [0.5, 0.6) is 0 Å². The monoisotopic (exact) mass is 189 g/mol. The van der Waals surface area contributed by atoms with Crippen LogP contribution in [0.3, 0.4) is 0 Å². The molecule has 64 valence electrons. The largest absolute Gasteiger partial charge is 0.298 e. The van der Waals surface area contributed by atoms with Crippen LogP contribution in [0, 0.1) is 0 Å². The normalized spacial score (nSPS) is 14.3. The number of benzene rings is 1. The first-order chi connectivity index (χ1) is 6.42. The molecule has 0 unspecified atom stereocenters. The lowest BCUT2D eigenvalue weighted by Crippen LogP contribution is -1.87. The number of aldehydes is 1. The first-order valence-electron chi connectivity index (χ1n) is 3.87. The predicted molar refractivity (Wildman–Crippen MR) is 54.8 cm³/mol. The van der Waals surface area contributed by atoms with Crippen LogP contribution in [0.4, 0.5) is 0 Å². The molecule has 0 amide bonds.